The van der Waals surface area contributed by atoms with E-state index in [0.717, 1.165) is 17.7 Å². The molecule has 0 aliphatic carbocycles. The van der Waals surface area contributed by atoms with Gasteiger partial charge in [0.2, 0.25) is 0 Å². The molecule has 0 heterocycles. The minimum absolute atomic E-state index is 0.00660. The van der Waals surface area contributed by atoms with Gasteiger partial charge in [-0.3, -0.25) is 4.79 Å². The summed E-state index contributed by atoms with van der Waals surface area (Å²) < 4.78 is 5.86. The third-order valence-electron chi connectivity index (χ3n) is 3.91. The first-order valence-corrected chi connectivity index (χ1v) is 8.67. The van der Waals surface area contributed by atoms with Crippen molar-refractivity contribution in [1.82, 2.24) is 5.32 Å². The second kappa shape index (κ2) is 9.11. The Hall–Kier alpha value is -2.29. The van der Waals surface area contributed by atoms with Gasteiger partial charge in [0.15, 0.2) is 6.10 Å². The van der Waals surface area contributed by atoms with Crippen LogP contribution < -0.4 is 10.1 Å². The zero-order valence-electron chi connectivity index (χ0n) is 14.7. The van der Waals surface area contributed by atoms with E-state index in [0.29, 0.717) is 12.3 Å². The predicted octanol–water partition coefficient (Wildman–Crippen LogP) is 4.75. The van der Waals surface area contributed by atoms with Crippen molar-refractivity contribution in [3.63, 3.8) is 0 Å². The van der Waals surface area contributed by atoms with Crippen LogP contribution in [0.5, 0.6) is 5.75 Å². The molecule has 0 spiro atoms. The number of rotatable bonds is 8. The number of ether oxygens (including phenoxy) is 1. The van der Waals surface area contributed by atoms with Crippen molar-refractivity contribution < 1.29 is 9.53 Å². The molecular formula is C21H27NO2. The Bertz CT molecular complexity index is 610. The van der Waals surface area contributed by atoms with Crippen LogP contribution in [0, 0.1) is 5.92 Å². The molecule has 0 saturated carbocycles. The molecule has 0 bridgehead atoms. The maximum Gasteiger partial charge on any atom is 0.261 e. The molecule has 2 aromatic rings. The highest BCUT2D eigenvalue weighted by atomic mass is 16.5. The number of carbonyl (C=O) groups excluding carboxylic acids is 1. The molecule has 0 aliphatic heterocycles. The van der Waals surface area contributed by atoms with Crippen LogP contribution in [-0.4, -0.2) is 12.0 Å². The van der Waals surface area contributed by atoms with Crippen LogP contribution >= 0.6 is 0 Å². The molecule has 3 nitrogen and oxygen atoms in total. The SMILES string of the molecule is CC[C@H](Oc1ccccc1)C(=O)N[C@@H](CC(C)C)c1ccccc1. The van der Waals surface area contributed by atoms with Gasteiger partial charge in [0.05, 0.1) is 6.04 Å². The van der Waals surface area contributed by atoms with Crippen LogP contribution in [0.3, 0.4) is 0 Å². The number of amides is 1. The molecule has 1 amide bonds. The van der Waals surface area contributed by atoms with Crippen molar-refractivity contribution in [2.24, 2.45) is 5.92 Å². The van der Waals surface area contributed by atoms with Gasteiger partial charge in [-0.1, -0.05) is 69.3 Å². The van der Waals surface area contributed by atoms with Gasteiger partial charge in [0.25, 0.3) is 5.91 Å². The quantitative estimate of drug-likeness (QED) is 0.761. The number of carbonyl (C=O) groups is 1. The lowest BCUT2D eigenvalue weighted by molar-refractivity contribution is -0.129. The second-order valence-electron chi connectivity index (χ2n) is 6.43. The van der Waals surface area contributed by atoms with Crippen LogP contribution in [0.1, 0.15) is 45.2 Å². The summed E-state index contributed by atoms with van der Waals surface area (Å²) in [7, 11) is 0. The fraction of sp³-hybridized carbons (Fsp3) is 0.381. The van der Waals surface area contributed by atoms with Crippen LogP contribution in [0.2, 0.25) is 0 Å². The number of hydrogen-bond acceptors (Lipinski definition) is 2. The van der Waals surface area contributed by atoms with Gasteiger partial charge in [-0.05, 0) is 36.5 Å². The Balaban J connectivity index is 2.07. The van der Waals surface area contributed by atoms with Crippen LogP contribution in [-0.2, 0) is 4.79 Å². The third-order valence-corrected chi connectivity index (χ3v) is 3.91. The van der Waals surface area contributed by atoms with Gasteiger partial charge in [-0.2, -0.15) is 0 Å². The summed E-state index contributed by atoms with van der Waals surface area (Å²) in [5.41, 5.74) is 1.13. The number of hydrogen-bond donors (Lipinski definition) is 1. The summed E-state index contributed by atoms with van der Waals surface area (Å²) in [5.74, 6) is 1.15. The monoisotopic (exact) mass is 325 g/mol. The zero-order valence-corrected chi connectivity index (χ0v) is 14.7. The minimum Gasteiger partial charge on any atom is -0.481 e. The summed E-state index contributed by atoms with van der Waals surface area (Å²) in [6.45, 7) is 6.30. The molecule has 2 rings (SSSR count). The van der Waals surface area contributed by atoms with E-state index in [9.17, 15) is 4.79 Å². The second-order valence-corrected chi connectivity index (χ2v) is 6.43. The van der Waals surface area contributed by atoms with Crippen molar-refractivity contribution in [3.8, 4) is 5.75 Å². The molecule has 24 heavy (non-hydrogen) atoms. The smallest absolute Gasteiger partial charge is 0.261 e. The first-order chi connectivity index (χ1) is 11.6. The predicted molar refractivity (Wildman–Crippen MR) is 97.9 cm³/mol. The standard InChI is InChI=1S/C21H27NO2/c1-4-20(24-18-13-9-6-10-14-18)21(23)22-19(15-16(2)3)17-11-7-5-8-12-17/h5-14,16,19-20H,4,15H2,1-3H3,(H,22,23)/t19-,20-/m0/s1. The molecule has 0 saturated heterocycles. The van der Waals surface area contributed by atoms with E-state index in [1.165, 1.54) is 0 Å². The lowest BCUT2D eigenvalue weighted by atomic mass is 9.96. The molecule has 0 aliphatic rings. The molecule has 1 N–H and O–H groups in total. The zero-order chi connectivity index (χ0) is 17.4. The first-order valence-electron chi connectivity index (χ1n) is 8.67. The molecule has 0 radical (unpaired) electrons. The highest BCUT2D eigenvalue weighted by molar-refractivity contribution is 5.81. The Morgan fingerprint density at radius 3 is 2.12 bits per heavy atom. The van der Waals surface area contributed by atoms with Crippen molar-refractivity contribution in [3.05, 3.63) is 66.2 Å². The summed E-state index contributed by atoms with van der Waals surface area (Å²) in [6, 6.07) is 19.6. The summed E-state index contributed by atoms with van der Waals surface area (Å²) in [5, 5.41) is 3.17. The van der Waals surface area contributed by atoms with E-state index < -0.39 is 6.10 Å². The first kappa shape index (κ1) is 18.1. The van der Waals surface area contributed by atoms with Crippen LogP contribution in [0.25, 0.3) is 0 Å². The van der Waals surface area contributed by atoms with E-state index in [4.69, 9.17) is 4.74 Å². The fourth-order valence-electron chi connectivity index (χ4n) is 2.69. The van der Waals surface area contributed by atoms with Gasteiger partial charge in [-0.15, -0.1) is 0 Å². The Kier molecular flexibility index (Phi) is 6.86. The molecular weight excluding hydrogens is 298 g/mol. The largest absolute Gasteiger partial charge is 0.481 e. The fourth-order valence-corrected chi connectivity index (χ4v) is 2.69. The number of nitrogens with one attached hydrogen (secondary N) is 1. The van der Waals surface area contributed by atoms with Crippen molar-refractivity contribution in [2.45, 2.75) is 45.8 Å². The average molecular weight is 325 g/mol. The normalized spacial score (nSPS) is 13.3. The highest BCUT2D eigenvalue weighted by Gasteiger charge is 2.23. The van der Waals surface area contributed by atoms with Crippen molar-refractivity contribution in [2.75, 3.05) is 0 Å². The molecule has 0 unspecified atom stereocenters. The van der Waals surface area contributed by atoms with E-state index in [1.54, 1.807) is 0 Å². The molecule has 128 valence electrons. The van der Waals surface area contributed by atoms with Gasteiger partial charge in [0, 0.05) is 0 Å². The van der Waals surface area contributed by atoms with Crippen LogP contribution in [0.4, 0.5) is 0 Å². The number of benzene rings is 2. The summed E-state index contributed by atoms with van der Waals surface area (Å²) in [4.78, 5) is 12.7. The lowest BCUT2D eigenvalue weighted by Crippen LogP contribution is -2.40. The van der Waals surface area contributed by atoms with Gasteiger partial charge in [0.1, 0.15) is 5.75 Å². The molecule has 2 atom stereocenters. The van der Waals surface area contributed by atoms with Crippen molar-refractivity contribution in [1.29, 1.82) is 0 Å². The maximum atomic E-state index is 12.7. The summed E-state index contributed by atoms with van der Waals surface area (Å²) in [6.07, 6.45) is 1.05. The number of para-hydroxylation sites is 1. The van der Waals surface area contributed by atoms with Crippen LogP contribution in [0.15, 0.2) is 60.7 Å². The average Bonchev–Trinajstić information content (AvgIpc) is 2.60. The molecule has 3 heteroatoms. The third kappa shape index (κ3) is 5.41. The lowest BCUT2D eigenvalue weighted by Gasteiger charge is -2.24. The van der Waals surface area contributed by atoms with Gasteiger partial charge >= 0.3 is 0 Å². The highest BCUT2D eigenvalue weighted by Crippen LogP contribution is 2.22. The Labute approximate surface area is 145 Å². The van der Waals surface area contributed by atoms with Gasteiger partial charge < -0.3 is 10.1 Å². The topological polar surface area (TPSA) is 38.3 Å². The van der Waals surface area contributed by atoms with Crippen molar-refractivity contribution >= 4 is 5.91 Å². The summed E-state index contributed by atoms with van der Waals surface area (Å²) >= 11 is 0. The van der Waals surface area contributed by atoms with E-state index >= 15 is 0 Å². The van der Waals surface area contributed by atoms with E-state index in [2.05, 4.69) is 31.3 Å². The molecule has 0 aromatic heterocycles. The maximum absolute atomic E-state index is 12.7. The van der Waals surface area contributed by atoms with Gasteiger partial charge in [-0.25, -0.2) is 0 Å². The Morgan fingerprint density at radius 1 is 1.00 bits per heavy atom. The Morgan fingerprint density at radius 2 is 1.58 bits per heavy atom. The minimum atomic E-state index is -0.481. The molecule has 2 aromatic carbocycles. The van der Waals surface area contributed by atoms with E-state index in [-0.39, 0.29) is 11.9 Å². The molecule has 0 fully saturated rings. The van der Waals surface area contributed by atoms with E-state index in [1.807, 2.05) is 55.5 Å².